The van der Waals surface area contributed by atoms with E-state index in [0.29, 0.717) is 0 Å². The Hall–Kier alpha value is 0.947. The molecule has 0 spiro atoms. The molecule has 0 aromatic heterocycles. The van der Waals surface area contributed by atoms with Crippen molar-refractivity contribution in [2.24, 2.45) is 0 Å². The van der Waals surface area contributed by atoms with E-state index in [2.05, 4.69) is 0 Å². The molecule has 0 rings (SSSR count). The molecule has 0 aliphatic rings. The van der Waals surface area contributed by atoms with Crippen LogP contribution in [-0.4, -0.2) is 12.4 Å². The standard InChI is InChI=1S/C3H5Cl3F2Si/c4-9(5,6)2-1-3(7)8/h3H,1-2H2. The Bertz CT molecular complexity index is 81.6. The predicted molar refractivity (Wildman–Crippen MR) is 38.7 cm³/mol. The van der Waals surface area contributed by atoms with Gasteiger partial charge >= 0.3 is 6.00 Å². The molecule has 0 unspecified atom stereocenters. The van der Waals surface area contributed by atoms with E-state index in [1.165, 1.54) is 0 Å². The summed E-state index contributed by atoms with van der Waals surface area (Å²) in [6.45, 7) is 0. The third-order valence-corrected chi connectivity index (χ3v) is 3.20. The maximum absolute atomic E-state index is 11.4. The summed E-state index contributed by atoms with van der Waals surface area (Å²) in [6, 6.07) is -2.75. The molecule has 0 aromatic rings. The zero-order valence-corrected chi connectivity index (χ0v) is 7.65. The quantitative estimate of drug-likeness (QED) is 0.498. The van der Waals surface area contributed by atoms with Crippen molar-refractivity contribution in [1.29, 1.82) is 0 Å². The highest BCUT2D eigenvalue weighted by molar-refractivity contribution is 7.64. The molecule has 0 bridgehead atoms. The molecule has 0 saturated heterocycles. The Morgan fingerprint density at radius 1 is 1.22 bits per heavy atom. The number of hydrogen-bond donors (Lipinski definition) is 0. The summed E-state index contributed by atoms with van der Waals surface area (Å²) in [7, 11) is 0. The molecule has 6 heteroatoms. The molecular weight excluding hydrogens is 208 g/mol. The van der Waals surface area contributed by atoms with Crippen LogP contribution in [-0.2, 0) is 0 Å². The van der Waals surface area contributed by atoms with Gasteiger partial charge in [0.25, 0.3) is 0 Å². The van der Waals surface area contributed by atoms with E-state index in [4.69, 9.17) is 33.2 Å². The second-order valence-corrected chi connectivity index (χ2v) is 10.8. The fourth-order valence-electron chi connectivity index (χ4n) is 0.273. The van der Waals surface area contributed by atoms with E-state index in [-0.39, 0.29) is 12.5 Å². The number of hydrogen-bond acceptors (Lipinski definition) is 0. The van der Waals surface area contributed by atoms with Gasteiger partial charge in [0.15, 0.2) is 0 Å². The van der Waals surface area contributed by atoms with Gasteiger partial charge in [0, 0.05) is 6.42 Å². The van der Waals surface area contributed by atoms with Crippen LogP contribution in [0.4, 0.5) is 8.78 Å². The van der Waals surface area contributed by atoms with Gasteiger partial charge in [0.05, 0.1) is 0 Å². The minimum Gasteiger partial charge on any atom is -0.211 e. The molecule has 0 aromatic carbocycles. The largest absolute Gasteiger partial charge is 0.341 e. The average Bonchev–Trinajstić information content (AvgIpc) is 1.59. The van der Waals surface area contributed by atoms with Crippen LogP contribution in [0.25, 0.3) is 0 Å². The number of rotatable bonds is 3. The summed E-state index contributed by atoms with van der Waals surface area (Å²) in [5.74, 6) is 0. The topological polar surface area (TPSA) is 0 Å². The van der Waals surface area contributed by atoms with Crippen LogP contribution in [0.1, 0.15) is 6.42 Å². The zero-order chi connectivity index (χ0) is 7.49. The van der Waals surface area contributed by atoms with Gasteiger partial charge in [-0.15, -0.1) is 33.2 Å². The summed E-state index contributed by atoms with van der Waals surface area (Å²) in [5, 5.41) is 0. The van der Waals surface area contributed by atoms with Crippen LogP contribution in [0.5, 0.6) is 0 Å². The normalized spacial score (nSPS) is 12.7. The molecule has 9 heavy (non-hydrogen) atoms. The molecule has 0 radical (unpaired) electrons. The Morgan fingerprint density at radius 2 is 1.67 bits per heavy atom. The third kappa shape index (κ3) is 8.95. The first kappa shape index (κ1) is 9.95. The first-order valence-electron chi connectivity index (χ1n) is 2.27. The lowest BCUT2D eigenvalue weighted by molar-refractivity contribution is 0.144. The van der Waals surface area contributed by atoms with Gasteiger partial charge in [-0.05, 0) is 6.04 Å². The second kappa shape index (κ2) is 3.96. The first-order chi connectivity index (χ1) is 3.92. The summed E-state index contributed by atoms with van der Waals surface area (Å²) in [4.78, 5) is 0. The van der Waals surface area contributed by atoms with Crippen molar-refractivity contribution in [1.82, 2.24) is 0 Å². The van der Waals surface area contributed by atoms with E-state index in [0.717, 1.165) is 0 Å². The van der Waals surface area contributed by atoms with Crippen LogP contribution >= 0.6 is 33.2 Å². The van der Waals surface area contributed by atoms with E-state index < -0.39 is 12.4 Å². The van der Waals surface area contributed by atoms with Crippen LogP contribution in [0.15, 0.2) is 0 Å². The van der Waals surface area contributed by atoms with Crippen molar-refractivity contribution >= 4 is 39.2 Å². The highest BCUT2D eigenvalue weighted by Gasteiger charge is 2.25. The lowest BCUT2D eigenvalue weighted by Gasteiger charge is -2.04. The van der Waals surface area contributed by atoms with Gasteiger partial charge in [0.2, 0.25) is 6.43 Å². The summed E-state index contributed by atoms with van der Waals surface area (Å²) < 4.78 is 22.8. The molecule has 0 heterocycles. The Morgan fingerprint density at radius 3 is 1.78 bits per heavy atom. The van der Waals surface area contributed by atoms with Crippen molar-refractivity contribution in [3.63, 3.8) is 0 Å². The van der Waals surface area contributed by atoms with Crippen molar-refractivity contribution in [2.45, 2.75) is 18.9 Å². The molecule has 0 N–H and O–H groups in total. The molecule has 0 amide bonds. The summed E-state index contributed by atoms with van der Waals surface area (Å²) >= 11 is 15.9. The smallest absolute Gasteiger partial charge is 0.211 e. The van der Waals surface area contributed by atoms with Crippen LogP contribution < -0.4 is 0 Å². The fraction of sp³-hybridized carbons (Fsp3) is 1.00. The van der Waals surface area contributed by atoms with Gasteiger partial charge in [-0.3, -0.25) is 0 Å². The van der Waals surface area contributed by atoms with E-state index in [1.54, 1.807) is 0 Å². The van der Waals surface area contributed by atoms with E-state index in [9.17, 15) is 8.78 Å². The van der Waals surface area contributed by atoms with Crippen LogP contribution in [0, 0.1) is 0 Å². The molecule has 0 aliphatic heterocycles. The van der Waals surface area contributed by atoms with Crippen LogP contribution in [0.2, 0.25) is 6.04 Å². The lowest BCUT2D eigenvalue weighted by atomic mass is 10.5. The molecule has 0 nitrogen and oxygen atoms in total. The average molecular weight is 214 g/mol. The van der Waals surface area contributed by atoms with Crippen LogP contribution in [0.3, 0.4) is 0 Å². The first-order valence-corrected chi connectivity index (χ1v) is 7.51. The van der Waals surface area contributed by atoms with Crippen molar-refractivity contribution < 1.29 is 8.78 Å². The second-order valence-electron chi connectivity index (χ2n) is 1.54. The molecule has 0 atom stereocenters. The molecule has 0 saturated carbocycles. The SMILES string of the molecule is FC(F)CC[Si](Cl)(Cl)Cl. The van der Waals surface area contributed by atoms with Gasteiger partial charge < -0.3 is 0 Å². The van der Waals surface area contributed by atoms with Crippen molar-refractivity contribution in [3.8, 4) is 0 Å². The highest BCUT2D eigenvalue weighted by atomic mass is 35.8. The van der Waals surface area contributed by atoms with Crippen molar-refractivity contribution in [3.05, 3.63) is 0 Å². The molecular formula is C3H5Cl3F2Si. The lowest BCUT2D eigenvalue weighted by Crippen LogP contribution is -2.10. The summed E-state index contributed by atoms with van der Waals surface area (Å²) in [5.41, 5.74) is 0. The monoisotopic (exact) mass is 212 g/mol. The molecule has 0 aliphatic carbocycles. The fourth-order valence-corrected chi connectivity index (χ4v) is 1.80. The van der Waals surface area contributed by atoms with Gasteiger partial charge in [0.1, 0.15) is 0 Å². The Labute approximate surface area is 67.2 Å². The molecule has 56 valence electrons. The number of halogens is 5. The highest BCUT2D eigenvalue weighted by Crippen LogP contribution is 2.27. The minimum atomic E-state index is -2.78. The Kier molecular flexibility index (Phi) is 4.38. The zero-order valence-electron chi connectivity index (χ0n) is 4.38. The maximum Gasteiger partial charge on any atom is 0.341 e. The predicted octanol–water partition coefficient (Wildman–Crippen LogP) is 3.30. The van der Waals surface area contributed by atoms with Crippen molar-refractivity contribution in [2.75, 3.05) is 0 Å². The minimum absolute atomic E-state index is 0.0370. The third-order valence-electron chi connectivity index (χ3n) is 0.646. The van der Waals surface area contributed by atoms with E-state index in [1.807, 2.05) is 0 Å². The van der Waals surface area contributed by atoms with Gasteiger partial charge in [-0.25, -0.2) is 8.78 Å². The van der Waals surface area contributed by atoms with E-state index >= 15 is 0 Å². The number of alkyl halides is 2. The molecule has 0 fully saturated rings. The van der Waals surface area contributed by atoms with Gasteiger partial charge in [-0.2, -0.15) is 0 Å². The summed E-state index contributed by atoms with van der Waals surface area (Å²) in [6.07, 6.45) is -2.66. The Balaban J connectivity index is 3.28. The van der Waals surface area contributed by atoms with Gasteiger partial charge in [-0.1, -0.05) is 0 Å². The maximum atomic E-state index is 11.4.